The zero-order chi connectivity index (χ0) is 21.8. The topological polar surface area (TPSA) is 63.6 Å². The Morgan fingerprint density at radius 3 is 2.00 bits per heavy atom. The maximum Gasteiger partial charge on any atom is 0.179 e. The molecule has 0 amide bonds. The van der Waals surface area contributed by atoms with Crippen LogP contribution in [0.5, 0.6) is 17.2 Å². The van der Waals surface area contributed by atoms with Gasteiger partial charge in [0, 0.05) is 5.92 Å². The predicted molar refractivity (Wildman–Crippen MR) is 123 cm³/mol. The molecule has 0 spiro atoms. The summed E-state index contributed by atoms with van der Waals surface area (Å²) in [5.41, 5.74) is 5.66. The second-order valence-electron chi connectivity index (χ2n) is 7.43. The Kier molecular flexibility index (Phi) is 5.81. The lowest BCUT2D eigenvalue weighted by Crippen LogP contribution is -2.13. The van der Waals surface area contributed by atoms with Crippen molar-refractivity contribution in [3.63, 3.8) is 0 Å². The molecule has 0 saturated heterocycles. The Morgan fingerprint density at radius 2 is 1.42 bits per heavy atom. The van der Waals surface area contributed by atoms with E-state index in [1.165, 1.54) is 0 Å². The summed E-state index contributed by atoms with van der Waals surface area (Å²) in [6.07, 6.45) is 5.02. The molecular formula is C26H22O4S. The van der Waals surface area contributed by atoms with Crippen LogP contribution in [0.15, 0.2) is 102 Å². The lowest BCUT2D eigenvalue weighted by Gasteiger charge is -2.14. The van der Waals surface area contributed by atoms with Crippen molar-refractivity contribution in [1.29, 1.82) is 0 Å². The molecule has 0 heterocycles. The van der Waals surface area contributed by atoms with Crippen LogP contribution in [-0.4, -0.2) is 13.5 Å². The highest BCUT2D eigenvalue weighted by atomic mass is 32.2. The van der Waals surface area contributed by atoms with E-state index in [0.717, 1.165) is 11.1 Å². The first kappa shape index (κ1) is 20.7. The lowest BCUT2D eigenvalue weighted by atomic mass is 10.1. The number of benzene rings is 3. The van der Waals surface area contributed by atoms with Gasteiger partial charge in [0.25, 0.3) is 0 Å². The zero-order valence-electron chi connectivity index (χ0n) is 17.0. The average Bonchev–Trinajstić information content (AvgIpc) is 2.76. The van der Waals surface area contributed by atoms with Crippen LogP contribution in [0.3, 0.4) is 0 Å². The molecule has 1 aliphatic carbocycles. The zero-order valence-corrected chi connectivity index (χ0v) is 17.8. The van der Waals surface area contributed by atoms with Crippen LogP contribution in [0.4, 0.5) is 0 Å². The van der Waals surface area contributed by atoms with Gasteiger partial charge in [0.2, 0.25) is 0 Å². The number of ether oxygens (including phenoxy) is 1. The number of hydrogen-bond donors (Lipinski definition) is 1. The van der Waals surface area contributed by atoms with Gasteiger partial charge in [0.05, 0.1) is 10.7 Å². The number of aromatic hydroxyl groups is 1. The summed E-state index contributed by atoms with van der Waals surface area (Å²) < 4.78 is 31.3. The van der Waals surface area contributed by atoms with Crippen LogP contribution in [-0.2, 0) is 15.6 Å². The molecule has 3 aromatic rings. The van der Waals surface area contributed by atoms with E-state index in [4.69, 9.17) is 4.74 Å². The summed E-state index contributed by atoms with van der Waals surface area (Å²) in [5, 5.41) is 9.41. The summed E-state index contributed by atoms with van der Waals surface area (Å²) in [6.45, 7) is 1.85. The van der Waals surface area contributed by atoms with Gasteiger partial charge in [-0.2, -0.15) is 0 Å². The maximum atomic E-state index is 12.7. The van der Waals surface area contributed by atoms with Crippen LogP contribution in [0, 0.1) is 5.92 Å². The lowest BCUT2D eigenvalue weighted by molar-refractivity contribution is 0.475. The monoisotopic (exact) mass is 430 g/mol. The summed E-state index contributed by atoms with van der Waals surface area (Å²) in [6, 6.07) is 21.8. The van der Waals surface area contributed by atoms with E-state index in [2.05, 4.69) is 5.73 Å². The van der Waals surface area contributed by atoms with Gasteiger partial charge in [-0.05, 0) is 71.3 Å². The molecule has 1 unspecified atom stereocenters. The molecule has 1 aliphatic rings. The normalized spacial score (nSPS) is 15.5. The minimum absolute atomic E-state index is 0.0491. The standard InChI is InChI=1S/C26H22O4S/c1-19-4-2-3-5-26(19)31(28,29)18-20-6-14-24(15-7-20)30-25-16-10-22(11-17-25)21-8-12-23(27)13-9-21/h3-17,19,27H,18H2,1H3. The van der Waals surface area contributed by atoms with Crippen LogP contribution in [0.25, 0.3) is 11.1 Å². The summed E-state index contributed by atoms with van der Waals surface area (Å²) in [5.74, 6) is 1.34. The largest absolute Gasteiger partial charge is 0.508 e. The molecule has 0 bridgehead atoms. The highest BCUT2D eigenvalue weighted by Crippen LogP contribution is 2.28. The van der Waals surface area contributed by atoms with Crippen molar-refractivity contribution in [2.45, 2.75) is 12.7 Å². The van der Waals surface area contributed by atoms with Gasteiger partial charge in [0.1, 0.15) is 17.2 Å². The van der Waals surface area contributed by atoms with E-state index < -0.39 is 9.84 Å². The molecule has 5 heteroatoms. The van der Waals surface area contributed by atoms with E-state index >= 15 is 0 Å². The molecule has 31 heavy (non-hydrogen) atoms. The molecule has 0 fully saturated rings. The third kappa shape index (κ3) is 4.97. The van der Waals surface area contributed by atoms with Crippen molar-refractivity contribution in [3.05, 3.63) is 107 Å². The first-order chi connectivity index (χ1) is 14.9. The first-order valence-electron chi connectivity index (χ1n) is 9.92. The molecule has 0 aliphatic heterocycles. The fourth-order valence-corrected chi connectivity index (χ4v) is 5.12. The van der Waals surface area contributed by atoms with E-state index in [9.17, 15) is 13.5 Å². The van der Waals surface area contributed by atoms with Crippen LogP contribution in [0.1, 0.15) is 12.5 Å². The van der Waals surface area contributed by atoms with Gasteiger partial charge >= 0.3 is 0 Å². The van der Waals surface area contributed by atoms with Gasteiger partial charge in [-0.3, -0.25) is 0 Å². The van der Waals surface area contributed by atoms with Crippen molar-refractivity contribution in [1.82, 2.24) is 0 Å². The number of sulfone groups is 1. The highest BCUT2D eigenvalue weighted by Gasteiger charge is 2.23. The number of phenols is 1. The van der Waals surface area contributed by atoms with E-state index in [-0.39, 0.29) is 17.4 Å². The SMILES string of the molecule is CC1C=C=CC=C1S(=O)(=O)Cc1ccc(Oc2ccc(-c3ccc(O)cc3)cc2)cc1. The predicted octanol–water partition coefficient (Wildman–Crippen LogP) is 6.01. The molecule has 1 N–H and O–H groups in total. The van der Waals surface area contributed by atoms with Crippen LogP contribution >= 0.6 is 0 Å². The minimum Gasteiger partial charge on any atom is -0.508 e. The van der Waals surface area contributed by atoms with Gasteiger partial charge in [-0.1, -0.05) is 43.3 Å². The number of hydrogen-bond acceptors (Lipinski definition) is 4. The molecule has 3 aromatic carbocycles. The van der Waals surface area contributed by atoms with Crippen molar-refractivity contribution in [2.75, 3.05) is 0 Å². The minimum atomic E-state index is -3.39. The Balaban J connectivity index is 1.42. The van der Waals surface area contributed by atoms with Crippen LogP contribution < -0.4 is 4.74 Å². The van der Waals surface area contributed by atoms with Crippen LogP contribution in [0.2, 0.25) is 0 Å². The Labute approximate surface area is 182 Å². The van der Waals surface area contributed by atoms with Gasteiger partial charge in [-0.25, -0.2) is 8.42 Å². The molecule has 156 valence electrons. The molecule has 4 nitrogen and oxygen atoms in total. The first-order valence-corrected chi connectivity index (χ1v) is 11.6. The summed E-state index contributed by atoms with van der Waals surface area (Å²) in [4.78, 5) is 0.417. The molecular weight excluding hydrogens is 408 g/mol. The van der Waals surface area contributed by atoms with Crippen molar-refractivity contribution in [3.8, 4) is 28.4 Å². The molecule has 1 atom stereocenters. The second kappa shape index (κ2) is 8.68. The number of phenolic OH excluding ortho intramolecular Hbond substituents is 1. The van der Waals surface area contributed by atoms with E-state index in [1.807, 2.05) is 43.3 Å². The van der Waals surface area contributed by atoms with Crippen molar-refractivity contribution in [2.24, 2.45) is 5.92 Å². The van der Waals surface area contributed by atoms with E-state index in [0.29, 0.717) is 22.0 Å². The third-order valence-electron chi connectivity index (χ3n) is 5.07. The van der Waals surface area contributed by atoms with Crippen molar-refractivity contribution < 1.29 is 18.3 Å². The molecule has 0 radical (unpaired) electrons. The quantitative estimate of drug-likeness (QED) is 0.486. The van der Waals surface area contributed by atoms with Crippen molar-refractivity contribution >= 4 is 9.84 Å². The molecule has 0 aromatic heterocycles. The smallest absolute Gasteiger partial charge is 0.179 e. The Hall–Kier alpha value is -3.53. The fourth-order valence-electron chi connectivity index (χ4n) is 3.41. The summed E-state index contributed by atoms with van der Waals surface area (Å²) in [7, 11) is -3.39. The average molecular weight is 431 g/mol. The Morgan fingerprint density at radius 1 is 0.871 bits per heavy atom. The molecule has 4 rings (SSSR count). The van der Waals surface area contributed by atoms with E-state index in [1.54, 1.807) is 54.6 Å². The number of rotatable bonds is 6. The maximum absolute atomic E-state index is 12.7. The summed E-state index contributed by atoms with van der Waals surface area (Å²) >= 11 is 0. The fraction of sp³-hybridized carbons (Fsp3) is 0.115. The molecule has 0 saturated carbocycles. The van der Waals surface area contributed by atoms with Gasteiger partial charge < -0.3 is 9.84 Å². The van der Waals surface area contributed by atoms with Gasteiger partial charge in [0.15, 0.2) is 9.84 Å². The second-order valence-corrected chi connectivity index (χ2v) is 9.42. The highest BCUT2D eigenvalue weighted by molar-refractivity contribution is 7.94. The van der Waals surface area contributed by atoms with Gasteiger partial charge in [-0.15, -0.1) is 5.73 Å². The Bertz CT molecular complexity index is 1260. The number of allylic oxidation sites excluding steroid dienone is 3. The third-order valence-corrected chi connectivity index (χ3v) is 7.01.